The zero-order valence-corrected chi connectivity index (χ0v) is 13.9. The standard InChI is InChI=1S/C15H26N4O3/c1-5-19-12(16-17-13(19)20)9-11-7-6-8-18(10-11)14(21)22-15(2,3)4/h11H,5-10H2,1-4H3,(H,17,20)/t11-/m0/s1. The predicted molar refractivity (Wildman–Crippen MR) is 82.8 cm³/mol. The number of ether oxygens (including phenoxy) is 1. The summed E-state index contributed by atoms with van der Waals surface area (Å²) in [4.78, 5) is 25.5. The number of carbonyl (C=O) groups is 1. The molecule has 1 saturated heterocycles. The van der Waals surface area contributed by atoms with Gasteiger partial charge in [-0.15, -0.1) is 0 Å². The van der Waals surface area contributed by atoms with Crippen LogP contribution in [0.1, 0.15) is 46.4 Å². The van der Waals surface area contributed by atoms with Crippen molar-refractivity contribution in [1.29, 1.82) is 0 Å². The molecule has 2 heterocycles. The first-order valence-corrected chi connectivity index (χ1v) is 7.92. The molecule has 0 aliphatic carbocycles. The zero-order chi connectivity index (χ0) is 16.3. The summed E-state index contributed by atoms with van der Waals surface area (Å²) < 4.78 is 7.08. The molecule has 22 heavy (non-hydrogen) atoms. The van der Waals surface area contributed by atoms with E-state index < -0.39 is 5.60 Å². The lowest BCUT2D eigenvalue weighted by molar-refractivity contribution is 0.0164. The Morgan fingerprint density at radius 1 is 1.45 bits per heavy atom. The van der Waals surface area contributed by atoms with Crippen molar-refractivity contribution in [3.8, 4) is 0 Å². The molecule has 0 saturated carbocycles. The van der Waals surface area contributed by atoms with E-state index in [4.69, 9.17) is 4.74 Å². The third-order valence-corrected chi connectivity index (χ3v) is 3.80. The molecule has 1 aliphatic rings. The summed E-state index contributed by atoms with van der Waals surface area (Å²) in [5, 5.41) is 6.60. The molecule has 0 unspecified atom stereocenters. The van der Waals surface area contributed by atoms with Crippen LogP contribution in [0.3, 0.4) is 0 Å². The maximum Gasteiger partial charge on any atom is 0.410 e. The van der Waals surface area contributed by atoms with Gasteiger partial charge in [0.05, 0.1) is 0 Å². The second-order valence-electron chi connectivity index (χ2n) is 6.83. The van der Waals surface area contributed by atoms with Gasteiger partial charge in [0.25, 0.3) is 0 Å². The number of H-pyrrole nitrogens is 1. The van der Waals surface area contributed by atoms with E-state index in [1.165, 1.54) is 0 Å². The summed E-state index contributed by atoms with van der Waals surface area (Å²) in [6.07, 6.45) is 2.42. The smallest absolute Gasteiger partial charge is 0.410 e. The molecule has 1 N–H and O–H groups in total. The van der Waals surface area contributed by atoms with Gasteiger partial charge in [0.15, 0.2) is 0 Å². The molecular formula is C15H26N4O3. The van der Waals surface area contributed by atoms with E-state index in [0.717, 1.165) is 25.2 Å². The lowest BCUT2D eigenvalue weighted by Gasteiger charge is -2.34. The number of aromatic nitrogens is 3. The second kappa shape index (κ2) is 6.54. The number of rotatable bonds is 3. The highest BCUT2D eigenvalue weighted by molar-refractivity contribution is 5.68. The van der Waals surface area contributed by atoms with Gasteiger partial charge in [-0.2, -0.15) is 5.10 Å². The topological polar surface area (TPSA) is 80.2 Å². The SMILES string of the molecule is CCn1c(C[C@@H]2CCCN(C(=O)OC(C)(C)C)C2)n[nH]c1=O. The minimum absolute atomic E-state index is 0.169. The highest BCUT2D eigenvalue weighted by atomic mass is 16.6. The van der Waals surface area contributed by atoms with E-state index in [1.807, 2.05) is 27.7 Å². The van der Waals surface area contributed by atoms with Crippen LogP contribution >= 0.6 is 0 Å². The van der Waals surface area contributed by atoms with Gasteiger partial charge < -0.3 is 9.64 Å². The Morgan fingerprint density at radius 2 is 2.18 bits per heavy atom. The number of hydrogen-bond acceptors (Lipinski definition) is 4. The number of carbonyl (C=O) groups excluding carboxylic acids is 1. The Morgan fingerprint density at radius 3 is 2.82 bits per heavy atom. The van der Waals surface area contributed by atoms with Gasteiger partial charge in [0, 0.05) is 26.1 Å². The Kier molecular flexibility index (Phi) is 4.93. The second-order valence-corrected chi connectivity index (χ2v) is 6.83. The molecule has 2 rings (SSSR count). The Bertz CT molecular complexity index is 570. The number of nitrogens with zero attached hydrogens (tertiary/aromatic N) is 3. The summed E-state index contributed by atoms with van der Waals surface area (Å²) in [7, 11) is 0. The summed E-state index contributed by atoms with van der Waals surface area (Å²) in [5.74, 6) is 1.07. The largest absolute Gasteiger partial charge is 0.444 e. The molecule has 0 bridgehead atoms. The van der Waals surface area contributed by atoms with Crippen LogP contribution in [0.4, 0.5) is 4.79 Å². The van der Waals surface area contributed by atoms with Gasteiger partial charge in [0.1, 0.15) is 11.4 Å². The van der Waals surface area contributed by atoms with Crippen LogP contribution < -0.4 is 5.69 Å². The number of amides is 1. The van der Waals surface area contributed by atoms with Gasteiger partial charge in [-0.25, -0.2) is 14.7 Å². The Labute approximate surface area is 130 Å². The fraction of sp³-hybridized carbons (Fsp3) is 0.800. The average molecular weight is 310 g/mol. The Balaban J connectivity index is 1.98. The van der Waals surface area contributed by atoms with Crippen LogP contribution in [0.25, 0.3) is 0 Å². The summed E-state index contributed by atoms with van der Waals surface area (Å²) >= 11 is 0. The molecule has 0 radical (unpaired) electrons. The van der Waals surface area contributed by atoms with Gasteiger partial charge in [-0.05, 0) is 46.5 Å². The number of aromatic amines is 1. The maximum absolute atomic E-state index is 12.2. The highest BCUT2D eigenvalue weighted by Gasteiger charge is 2.28. The van der Waals surface area contributed by atoms with Crippen LogP contribution in [0.2, 0.25) is 0 Å². The van der Waals surface area contributed by atoms with Crippen molar-refractivity contribution in [2.24, 2.45) is 5.92 Å². The quantitative estimate of drug-likeness (QED) is 0.923. The van der Waals surface area contributed by atoms with Gasteiger partial charge >= 0.3 is 11.8 Å². The molecule has 0 aromatic carbocycles. The van der Waals surface area contributed by atoms with Crippen molar-refractivity contribution in [2.75, 3.05) is 13.1 Å². The van der Waals surface area contributed by atoms with Crippen LogP contribution in [-0.4, -0.2) is 44.4 Å². The number of likely N-dealkylation sites (tertiary alicyclic amines) is 1. The normalized spacial score (nSPS) is 19.3. The Hall–Kier alpha value is -1.79. The maximum atomic E-state index is 12.2. The van der Waals surface area contributed by atoms with Crippen LogP contribution in [0.15, 0.2) is 4.79 Å². The number of piperidine rings is 1. The molecule has 7 heteroatoms. The minimum atomic E-state index is -0.477. The van der Waals surface area contributed by atoms with Crippen molar-refractivity contribution in [1.82, 2.24) is 19.7 Å². The molecule has 1 fully saturated rings. The fourth-order valence-electron chi connectivity index (χ4n) is 2.81. The van der Waals surface area contributed by atoms with E-state index in [-0.39, 0.29) is 11.8 Å². The third-order valence-electron chi connectivity index (χ3n) is 3.80. The molecule has 124 valence electrons. The molecule has 1 atom stereocenters. The molecule has 1 aromatic heterocycles. The van der Waals surface area contributed by atoms with Crippen molar-refractivity contribution >= 4 is 6.09 Å². The van der Waals surface area contributed by atoms with Crippen molar-refractivity contribution in [3.63, 3.8) is 0 Å². The number of hydrogen-bond donors (Lipinski definition) is 1. The minimum Gasteiger partial charge on any atom is -0.444 e. The molecule has 0 spiro atoms. The van der Waals surface area contributed by atoms with E-state index in [0.29, 0.717) is 25.4 Å². The van der Waals surface area contributed by atoms with E-state index in [9.17, 15) is 9.59 Å². The van der Waals surface area contributed by atoms with Crippen LogP contribution in [0.5, 0.6) is 0 Å². The van der Waals surface area contributed by atoms with E-state index in [1.54, 1.807) is 9.47 Å². The van der Waals surface area contributed by atoms with Crippen LogP contribution in [0, 0.1) is 5.92 Å². The molecule has 1 amide bonds. The lowest BCUT2D eigenvalue weighted by atomic mass is 9.94. The highest BCUT2D eigenvalue weighted by Crippen LogP contribution is 2.21. The average Bonchev–Trinajstić information content (AvgIpc) is 2.77. The molecule has 7 nitrogen and oxygen atoms in total. The van der Waals surface area contributed by atoms with Crippen LogP contribution in [-0.2, 0) is 17.7 Å². The summed E-state index contributed by atoms with van der Waals surface area (Å²) in [6, 6.07) is 0. The van der Waals surface area contributed by atoms with E-state index in [2.05, 4.69) is 10.2 Å². The fourth-order valence-corrected chi connectivity index (χ4v) is 2.81. The first-order chi connectivity index (χ1) is 10.3. The molecule has 1 aromatic rings. The third kappa shape index (κ3) is 4.11. The first kappa shape index (κ1) is 16.6. The zero-order valence-electron chi connectivity index (χ0n) is 13.9. The number of nitrogens with one attached hydrogen (secondary N) is 1. The monoisotopic (exact) mass is 310 g/mol. The van der Waals surface area contributed by atoms with E-state index >= 15 is 0 Å². The van der Waals surface area contributed by atoms with Crippen molar-refractivity contribution in [3.05, 3.63) is 16.3 Å². The van der Waals surface area contributed by atoms with Gasteiger partial charge in [0.2, 0.25) is 0 Å². The predicted octanol–water partition coefficient (Wildman–Crippen LogP) is 1.78. The van der Waals surface area contributed by atoms with Gasteiger partial charge in [-0.1, -0.05) is 0 Å². The van der Waals surface area contributed by atoms with Crippen molar-refractivity contribution in [2.45, 2.75) is 59.1 Å². The van der Waals surface area contributed by atoms with Gasteiger partial charge in [-0.3, -0.25) is 4.57 Å². The molecule has 1 aliphatic heterocycles. The van der Waals surface area contributed by atoms with Crippen molar-refractivity contribution < 1.29 is 9.53 Å². The first-order valence-electron chi connectivity index (χ1n) is 7.92. The lowest BCUT2D eigenvalue weighted by Crippen LogP contribution is -2.43. The molecular weight excluding hydrogens is 284 g/mol. The summed E-state index contributed by atoms with van der Waals surface area (Å²) in [5.41, 5.74) is -0.646. The summed E-state index contributed by atoms with van der Waals surface area (Å²) in [6.45, 7) is 9.52.